The molecular formula is C25H35N5O2S. The first-order valence-corrected chi connectivity index (χ1v) is 12.9. The molecule has 1 saturated heterocycles. The standard InChI is InChI=1S/C25H35N5O2S/c1-3-4-5-13-33-24-23-21(27-25(26)28-24)10-12-30(23)16-19-9-8-18(14-22(19)32-2)15-29-11-6-7-20(29)17-31/h8-10,12,14,20,31H,3-7,11,13,15-17H2,1-2H3,(H2,26,27,28)/t20-/m0/s1. The molecule has 8 heteroatoms. The van der Waals surface area contributed by atoms with E-state index >= 15 is 0 Å². The van der Waals surface area contributed by atoms with E-state index < -0.39 is 0 Å². The van der Waals surface area contributed by atoms with Gasteiger partial charge in [-0.15, -0.1) is 11.8 Å². The second-order valence-electron chi connectivity index (χ2n) is 8.72. The number of aromatic nitrogens is 3. The van der Waals surface area contributed by atoms with Crippen LogP contribution in [0.15, 0.2) is 35.5 Å². The van der Waals surface area contributed by atoms with Gasteiger partial charge in [0, 0.05) is 24.3 Å². The maximum absolute atomic E-state index is 9.62. The molecule has 0 unspecified atom stereocenters. The minimum atomic E-state index is 0.224. The Morgan fingerprint density at radius 2 is 2.09 bits per heavy atom. The highest BCUT2D eigenvalue weighted by Gasteiger charge is 2.24. The van der Waals surface area contributed by atoms with Gasteiger partial charge in [-0.3, -0.25) is 4.90 Å². The van der Waals surface area contributed by atoms with E-state index in [4.69, 9.17) is 10.5 Å². The second kappa shape index (κ2) is 11.2. The zero-order chi connectivity index (χ0) is 23.2. The Bertz CT molecular complexity index is 1070. The van der Waals surface area contributed by atoms with Crippen LogP contribution < -0.4 is 10.5 Å². The second-order valence-corrected chi connectivity index (χ2v) is 9.80. The molecule has 3 aromatic rings. The molecule has 0 aliphatic carbocycles. The molecule has 3 N–H and O–H groups in total. The predicted octanol–water partition coefficient (Wildman–Crippen LogP) is 4.31. The maximum Gasteiger partial charge on any atom is 0.221 e. The molecule has 0 radical (unpaired) electrons. The number of methoxy groups -OCH3 is 1. The van der Waals surface area contributed by atoms with Crippen molar-refractivity contribution >= 4 is 28.7 Å². The largest absolute Gasteiger partial charge is 0.496 e. The molecule has 3 heterocycles. The summed E-state index contributed by atoms with van der Waals surface area (Å²) in [5, 5.41) is 10.6. The fourth-order valence-electron chi connectivity index (χ4n) is 4.59. The Labute approximate surface area is 200 Å². The Kier molecular flexibility index (Phi) is 8.11. The maximum atomic E-state index is 9.62. The topological polar surface area (TPSA) is 89.4 Å². The van der Waals surface area contributed by atoms with Crippen molar-refractivity contribution in [3.8, 4) is 5.75 Å². The summed E-state index contributed by atoms with van der Waals surface area (Å²) >= 11 is 1.76. The van der Waals surface area contributed by atoms with Gasteiger partial charge in [0.25, 0.3) is 0 Å². The molecule has 4 rings (SSSR count). The summed E-state index contributed by atoms with van der Waals surface area (Å²) in [6.45, 7) is 4.98. The van der Waals surface area contributed by atoms with Crippen LogP contribution >= 0.6 is 11.8 Å². The number of nitrogens with two attached hydrogens (primary N) is 1. The van der Waals surface area contributed by atoms with Crippen molar-refractivity contribution in [2.75, 3.05) is 31.7 Å². The van der Waals surface area contributed by atoms with Crippen LogP contribution in [0.25, 0.3) is 11.0 Å². The van der Waals surface area contributed by atoms with Gasteiger partial charge in [0.15, 0.2) is 0 Å². The van der Waals surface area contributed by atoms with Crippen LogP contribution in [-0.4, -0.2) is 56.6 Å². The van der Waals surface area contributed by atoms with Crippen molar-refractivity contribution in [1.29, 1.82) is 0 Å². The van der Waals surface area contributed by atoms with E-state index in [1.165, 1.54) is 18.4 Å². The SMILES string of the molecule is CCCCCSc1nc(N)nc2ccn(Cc3ccc(CN4CCC[C@H]4CO)cc3OC)c12. The lowest BCUT2D eigenvalue weighted by molar-refractivity contribution is 0.153. The van der Waals surface area contributed by atoms with Gasteiger partial charge in [0.05, 0.1) is 25.8 Å². The van der Waals surface area contributed by atoms with Gasteiger partial charge < -0.3 is 20.1 Å². The summed E-state index contributed by atoms with van der Waals surface area (Å²) < 4.78 is 7.96. The van der Waals surface area contributed by atoms with Crippen molar-refractivity contribution in [2.45, 2.75) is 63.2 Å². The Balaban J connectivity index is 1.56. The van der Waals surface area contributed by atoms with Gasteiger partial charge in [-0.25, -0.2) is 9.97 Å². The molecule has 0 bridgehead atoms. The average molecular weight is 470 g/mol. The van der Waals surface area contributed by atoms with Gasteiger partial charge >= 0.3 is 0 Å². The highest BCUT2D eigenvalue weighted by Crippen LogP contribution is 2.30. The molecule has 0 amide bonds. The molecule has 1 fully saturated rings. The van der Waals surface area contributed by atoms with Crippen molar-refractivity contribution in [3.63, 3.8) is 0 Å². The molecule has 7 nitrogen and oxygen atoms in total. The summed E-state index contributed by atoms with van der Waals surface area (Å²) in [5.41, 5.74) is 10.2. The molecule has 2 aromatic heterocycles. The van der Waals surface area contributed by atoms with Gasteiger partial charge in [-0.1, -0.05) is 31.9 Å². The number of hydrogen-bond donors (Lipinski definition) is 2. The third-order valence-electron chi connectivity index (χ3n) is 6.37. The quantitative estimate of drug-likeness (QED) is 0.246. The Morgan fingerprint density at radius 1 is 1.21 bits per heavy atom. The van der Waals surface area contributed by atoms with Gasteiger partial charge in [0.1, 0.15) is 16.3 Å². The fourth-order valence-corrected chi connectivity index (χ4v) is 5.65. The minimum absolute atomic E-state index is 0.224. The van der Waals surface area contributed by atoms with E-state index in [0.717, 1.165) is 65.5 Å². The number of aliphatic hydroxyl groups excluding tert-OH is 1. The van der Waals surface area contributed by atoms with Crippen LogP contribution in [0.2, 0.25) is 0 Å². The summed E-state index contributed by atoms with van der Waals surface area (Å²) in [4.78, 5) is 11.4. The third kappa shape index (κ3) is 5.62. The van der Waals surface area contributed by atoms with E-state index in [1.807, 2.05) is 6.07 Å². The van der Waals surface area contributed by atoms with Crippen molar-refractivity contribution in [2.24, 2.45) is 0 Å². The number of fused-ring (bicyclic) bond motifs is 1. The van der Waals surface area contributed by atoms with E-state index in [9.17, 15) is 5.11 Å². The molecule has 1 atom stereocenters. The normalized spacial score (nSPS) is 16.6. The number of hydrogen-bond acceptors (Lipinski definition) is 7. The van der Waals surface area contributed by atoms with Crippen molar-refractivity contribution in [3.05, 3.63) is 41.6 Å². The van der Waals surface area contributed by atoms with E-state index in [0.29, 0.717) is 12.5 Å². The minimum Gasteiger partial charge on any atom is -0.496 e. The van der Waals surface area contributed by atoms with Crippen molar-refractivity contribution < 1.29 is 9.84 Å². The molecule has 1 aliphatic heterocycles. The van der Waals surface area contributed by atoms with E-state index in [1.54, 1.807) is 18.9 Å². The van der Waals surface area contributed by atoms with Gasteiger partial charge in [-0.05, 0) is 49.3 Å². The van der Waals surface area contributed by atoms with Crippen LogP contribution in [0.3, 0.4) is 0 Å². The first kappa shape index (κ1) is 23.9. The number of anilines is 1. The highest BCUT2D eigenvalue weighted by molar-refractivity contribution is 7.99. The summed E-state index contributed by atoms with van der Waals surface area (Å²) in [6.07, 6.45) is 7.85. The first-order valence-electron chi connectivity index (χ1n) is 11.9. The molecular weight excluding hydrogens is 434 g/mol. The van der Waals surface area contributed by atoms with Gasteiger partial charge in [0.2, 0.25) is 5.95 Å². The molecule has 1 aromatic carbocycles. The smallest absolute Gasteiger partial charge is 0.221 e. The Hall–Kier alpha value is -2.29. The number of likely N-dealkylation sites (tertiary alicyclic amines) is 1. The predicted molar refractivity (Wildman–Crippen MR) is 135 cm³/mol. The highest BCUT2D eigenvalue weighted by atomic mass is 32.2. The molecule has 33 heavy (non-hydrogen) atoms. The first-order chi connectivity index (χ1) is 16.1. The zero-order valence-electron chi connectivity index (χ0n) is 19.7. The summed E-state index contributed by atoms with van der Waals surface area (Å²) in [5.74, 6) is 2.22. The van der Waals surface area contributed by atoms with Gasteiger partial charge in [-0.2, -0.15) is 0 Å². The molecule has 0 saturated carbocycles. The number of benzene rings is 1. The van der Waals surface area contributed by atoms with Crippen LogP contribution in [0, 0.1) is 0 Å². The Morgan fingerprint density at radius 3 is 2.88 bits per heavy atom. The molecule has 0 spiro atoms. The summed E-state index contributed by atoms with van der Waals surface area (Å²) in [7, 11) is 1.72. The molecule has 178 valence electrons. The summed E-state index contributed by atoms with van der Waals surface area (Å²) in [6, 6.07) is 8.72. The zero-order valence-corrected chi connectivity index (χ0v) is 20.5. The van der Waals surface area contributed by atoms with Crippen LogP contribution in [-0.2, 0) is 13.1 Å². The third-order valence-corrected chi connectivity index (χ3v) is 7.42. The number of aliphatic hydroxyl groups is 1. The fraction of sp³-hybridized carbons (Fsp3) is 0.520. The number of nitrogens with zero attached hydrogens (tertiary/aromatic N) is 4. The monoisotopic (exact) mass is 469 g/mol. The van der Waals surface area contributed by atoms with E-state index in [-0.39, 0.29) is 12.6 Å². The number of thioether (sulfide) groups is 1. The lowest BCUT2D eigenvalue weighted by Gasteiger charge is -2.23. The lowest BCUT2D eigenvalue weighted by atomic mass is 10.1. The van der Waals surface area contributed by atoms with Crippen LogP contribution in [0.4, 0.5) is 5.95 Å². The number of nitrogen functional groups attached to an aromatic ring is 1. The van der Waals surface area contributed by atoms with E-state index in [2.05, 4.69) is 50.8 Å². The number of rotatable bonds is 11. The number of unbranched alkanes of at least 4 members (excludes halogenated alkanes) is 2. The number of ether oxygens (including phenoxy) is 1. The lowest BCUT2D eigenvalue weighted by Crippen LogP contribution is -2.31. The van der Waals surface area contributed by atoms with Crippen molar-refractivity contribution in [1.82, 2.24) is 19.4 Å². The van der Waals surface area contributed by atoms with Crippen LogP contribution in [0.5, 0.6) is 5.75 Å². The average Bonchev–Trinajstić information content (AvgIpc) is 3.44. The molecule has 1 aliphatic rings. The van der Waals surface area contributed by atoms with Crippen LogP contribution in [0.1, 0.15) is 50.2 Å².